The molecule has 1 heterocycles. The van der Waals surface area contributed by atoms with Crippen LogP contribution >= 0.6 is 0 Å². The van der Waals surface area contributed by atoms with Crippen molar-refractivity contribution in [3.8, 4) is 5.75 Å². The van der Waals surface area contributed by atoms with Gasteiger partial charge < -0.3 is 20.7 Å². The van der Waals surface area contributed by atoms with Crippen LogP contribution in [0.4, 0.5) is 11.4 Å². The van der Waals surface area contributed by atoms with Crippen LogP contribution in [0.1, 0.15) is 19.3 Å². The maximum absolute atomic E-state index is 12.0. The van der Waals surface area contributed by atoms with Crippen LogP contribution in [0.3, 0.4) is 0 Å². The minimum Gasteiger partial charge on any atom is -0.495 e. The molecule has 19 heavy (non-hydrogen) atoms. The highest BCUT2D eigenvalue weighted by Crippen LogP contribution is 2.31. The van der Waals surface area contributed by atoms with E-state index in [0.29, 0.717) is 11.4 Å². The summed E-state index contributed by atoms with van der Waals surface area (Å²) in [4.78, 5) is 14.1. The molecule has 1 aromatic rings. The van der Waals surface area contributed by atoms with E-state index < -0.39 is 0 Å². The number of rotatable bonds is 3. The van der Waals surface area contributed by atoms with Gasteiger partial charge in [-0.3, -0.25) is 4.79 Å². The molecular formula is C14H21N3O2. The first-order valence-electron chi connectivity index (χ1n) is 6.59. The minimum absolute atomic E-state index is 0.0653. The number of piperidine rings is 1. The number of benzene rings is 1. The van der Waals surface area contributed by atoms with Crippen LogP contribution in [0.2, 0.25) is 0 Å². The molecule has 5 nitrogen and oxygen atoms in total. The molecule has 1 atom stereocenters. The first-order chi connectivity index (χ1) is 9.17. The van der Waals surface area contributed by atoms with Crippen LogP contribution < -0.4 is 20.7 Å². The molecular weight excluding hydrogens is 242 g/mol. The van der Waals surface area contributed by atoms with Crippen molar-refractivity contribution in [1.29, 1.82) is 0 Å². The highest BCUT2D eigenvalue weighted by Gasteiger charge is 2.28. The topological polar surface area (TPSA) is 67.6 Å². The van der Waals surface area contributed by atoms with Crippen LogP contribution in [-0.2, 0) is 4.79 Å². The number of methoxy groups -OCH3 is 1. The Bertz CT molecular complexity index is 462. The summed E-state index contributed by atoms with van der Waals surface area (Å²) in [5, 5.41) is 2.74. The number of hydrogen-bond acceptors (Lipinski definition) is 4. The van der Waals surface area contributed by atoms with Crippen molar-refractivity contribution in [1.82, 2.24) is 5.32 Å². The van der Waals surface area contributed by atoms with Gasteiger partial charge >= 0.3 is 0 Å². The first kappa shape index (κ1) is 13.5. The van der Waals surface area contributed by atoms with Gasteiger partial charge in [-0.25, -0.2) is 0 Å². The van der Waals surface area contributed by atoms with E-state index in [1.807, 2.05) is 18.2 Å². The van der Waals surface area contributed by atoms with Crippen LogP contribution in [0, 0.1) is 0 Å². The fraction of sp³-hybridized carbons (Fsp3) is 0.500. The first-order valence-corrected chi connectivity index (χ1v) is 6.59. The van der Waals surface area contributed by atoms with Crippen molar-refractivity contribution in [2.45, 2.75) is 25.3 Å². The molecule has 104 valence electrons. The van der Waals surface area contributed by atoms with Crippen molar-refractivity contribution in [3.63, 3.8) is 0 Å². The summed E-state index contributed by atoms with van der Waals surface area (Å²) in [6.07, 6.45) is 3.06. The second-order valence-corrected chi connectivity index (χ2v) is 4.75. The predicted molar refractivity (Wildman–Crippen MR) is 76.5 cm³/mol. The van der Waals surface area contributed by atoms with Gasteiger partial charge in [0.2, 0.25) is 5.91 Å². The number of nitrogen functional groups attached to an aromatic ring is 1. The lowest BCUT2D eigenvalue weighted by atomic mass is 10.0. The number of nitrogens with one attached hydrogen (secondary N) is 1. The minimum atomic E-state index is -0.105. The van der Waals surface area contributed by atoms with Crippen LogP contribution in [0.5, 0.6) is 5.75 Å². The van der Waals surface area contributed by atoms with E-state index in [1.165, 1.54) is 0 Å². The molecule has 1 unspecified atom stereocenters. The fourth-order valence-electron chi connectivity index (χ4n) is 2.56. The van der Waals surface area contributed by atoms with Gasteiger partial charge in [0.25, 0.3) is 0 Å². The summed E-state index contributed by atoms with van der Waals surface area (Å²) in [6, 6.07) is 5.56. The molecule has 1 fully saturated rings. The average molecular weight is 263 g/mol. The van der Waals surface area contributed by atoms with Crippen molar-refractivity contribution >= 4 is 17.3 Å². The summed E-state index contributed by atoms with van der Waals surface area (Å²) in [5.74, 6) is 0.717. The number of ether oxygens (including phenoxy) is 1. The number of nitrogens with zero attached hydrogens (tertiary/aromatic N) is 1. The molecule has 1 aliphatic rings. The van der Waals surface area contributed by atoms with E-state index in [2.05, 4.69) is 10.2 Å². The lowest BCUT2D eigenvalue weighted by Gasteiger charge is -2.36. The summed E-state index contributed by atoms with van der Waals surface area (Å²) in [6.45, 7) is 0.880. The summed E-state index contributed by atoms with van der Waals surface area (Å²) in [7, 11) is 3.28. The Morgan fingerprint density at radius 3 is 2.95 bits per heavy atom. The predicted octanol–water partition coefficient (Wildman–Crippen LogP) is 1.38. The Morgan fingerprint density at radius 2 is 2.26 bits per heavy atom. The number of carbonyl (C=O) groups is 1. The van der Waals surface area contributed by atoms with E-state index in [4.69, 9.17) is 10.5 Å². The molecule has 0 aromatic heterocycles. The average Bonchev–Trinajstić information content (AvgIpc) is 2.47. The Labute approximate surface area is 113 Å². The maximum Gasteiger partial charge on any atom is 0.242 e. The van der Waals surface area contributed by atoms with Gasteiger partial charge in [-0.05, 0) is 31.4 Å². The van der Waals surface area contributed by atoms with E-state index in [-0.39, 0.29) is 11.9 Å². The lowest BCUT2D eigenvalue weighted by molar-refractivity contribution is -0.122. The van der Waals surface area contributed by atoms with Crippen molar-refractivity contribution in [3.05, 3.63) is 18.2 Å². The highest BCUT2D eigenvalue weighted by molar-refractivity contribution is 5.85. The molecule has 3 N–H and O–H groups in total. The summed E-state index contributed by atoms with van der Waals surface area (Å²) in [5.41, 5.74) is 7.42. The lowest BCUT2D eigenvalue weighted by Crippen LogP contribution is -2.48. The van der Waals surface area contributed by atoms with Crippen molar-refractivity contribution in [2.24, 2.45) is 0 Å². The third-order valence-electron chi connectivity index (χ3n) is 3.60. The third-order valence-corrected chi connectivity index (χ3v) is 3.60. The SMILES string of the molecule is CNC(=O)C1CCCCN1c1ccc(N)c(OC)c1. The Kier molecular flexibility index (Phi) is 4.14. The molecule has 1 aromatic carbocycles. The van der Waals surface area contributed by atoms with Crippen molar-refractivity contribution in [2.75, 3.05) is 31.3 Å². The van der Waals surface area contributed by atoms with Gasteiger partial charge in [-0.1, -0.05) is 0 Å². The number of hydrogen-bond donors (Lipinski definition) is 2. The second kappa shape index (κ2) is 5.82. The van der Waals surface area contributed by atoms with Gasteiger partial charge in [0.15, 0.2) is 0 Å². The monoisotopic (exact) mass is 263 g/mol. The molecule has 1 amide bonds. The standard InChI is InChI=1S/C14H21N3O2/c1-16-14(18)12-5-3-4-8-17(12)10-6-7-11(15)13(9-10)19-2/h6-7,9,12H,3-5,8,15H2,1-2H3,(H,16,18). The fourth-order valence-corrected chi connectivity index (χ4v) is 2.56. The van der Waals surface area contributed by atoms with Gasteiger partial charge in [-0.15, -0.1) is 0 Å². The molecule has 0 spiro atoms. The number of carbonyl (C=O) groups excluding carboxylic acids is 1. The van der Waals surface area contributed by atoms with Crippen molar-refractivity contribution < 1.29 is 9.53 Å². The van der Waals surface area contributed by atoms with Gasteiger partial charge in [0, 0.05) is 25.3 Å². The molecule has 0 saturated carbocycles. The molecule has 0 bridgehead atoms. The Hall–Kier alpha value is -1.91. The number of nitrogens with two attached hydrogens (primary N) is 1. The Balaban J connectivity index is 2.29. The molecule has 1 aliphatic heterocycles. The zero-order valence-electron chi connectivity index (χ0n) is 11.5. The third kappa shape index (κ3) is 2.75. The molecule has 1 saturated heterocycles. The number of likely N-dealkylation sites (N-methyl/N-ethyl adjacent to an activating group) is 1. The zero-order valence-corrected chi connectivity index (χ0v) is 11.5. The number of amides is 1. The molecule has 2 rings (SSSR count). The quantitative estimate of drug-likeness (QED) is 0.809. The number of anilines is 2. The van der Waals surface area contributed by atoms with Gasteiger partial charge in [-0.2, -0.15) is 0 Å². The second-order valence-electron chi connectivity index (χ2n) is 4.75. The van der Waals surface area contributed by atoms with E-state index in [9.17, 15) is 4.79 Å². The summed E-state index contributed by atoms with van der Waals surface area (Å²) >= 11 is 0. The normalized spacial score (nSPS) is 19.1. The zero-order chi connectivity index (χ0) is 13.8. The van der Waals surface area contributed by atoms with Crippen LogP contribution in [0.25, 0.3) is 0 Å². The van der Waals surface area contributed by atoms with Crippen LogP contribution in [-0.4, -0.2) is 32.7 Å². The highest BCUT2D eigenvalue weighted by atomic mass is 16.5. The van der Waals surface area contributed by atoms with E-state index >= 15 is 0 Å². The van der Waals surface area contributed by atoms with Gasteiger partial charge in [0.1, 0.15) is 11.8 Å². The Morgan fingerprint density at radius 1 is 1.47 bits per heavy atom. The van der Waals surface area contributed by atoms with E-state index in [0.717, 1.165) is 31.5 Å². The largest absolute Gasteiger partial charge is 0.495 e. The van der Waals surface area contributed by atoms with Crippen LogP contribution in [0.15, 0.2) is 18.2 Å². The molecule has 0 radical (unpaired) electrons. The molecule has 5 heteroatoms. The molecule has 0 aliphatic carbocycles. The smallest absolute Gasteiger partial charge is 0.242 e. The summed E-state index contributed by atoms with van der Waals surface area (Å²) < 4.78 is 5.25. The van der Waals surface area contributed by atoms with Gasteiger partial charge in [0.05, 0.1) is 12.8 Å². The van der Waals surface area contributed by atoms with E-state index in [1.54, 1.807) is 14.2 Å². The maximum atomic E-state index is 12.0.